The molecule has 1 unspecified atom stereocenters. The van der Waals surface area contributed by atoms with Crippen molar-refractivity contribution in [2.24, 2.45) is 11.3 Å². The zero-order chi connectivity index (χ0) is 24.0. The molecule has 33 heavy (non-hydrogen) atoms. The molecule has 1 heterocycles. The van der Waals surface area contributed by atoms with Crippen LogP contribution in [0, 0.1) is 11.3 Å². The highest BCUT2D eigenvalue weighted by Gasteiger charge is 2.58. The average Bonchev–Trinajstić information content (AvgIpc) is 2.98. The van der Waals surface area contributed by atoms with E-state index < -0.39 is 23.2 Å². The molecular weight excluding hydrogens is 418 g/mol. The van der Waals surface area contributed by atoms with Gasteiger partial charge in [-0.3, -0.25) is 14.6 Å². The molecule has 2 N–H and O–H groups in total. The van der Waals surface area contributed by atoms with Crippen LogP contribution in [0.5, 0.6) is 0 Å². The van der Waals surface area contributed by atoms with Crippen LogP contribution < -0.4 is 0 Å². The number of carboxylic acid groups (broad SMARTS) is 1. The maximum absolute atomic E-state index is 13.6. The van der Waals surface area contributed by atoms with Gasteiger partial charge in [0.2, 0.25) is 0 Å². The van der Waals surface area contributed by atoms with E-state index in [1.165, 1.54) is 5.56 Å². The number of carboxylic acids is 1. The van der Waals surface area contributed by atoms with Crippen molar-refractivity contribution in [3.05, 3.63) is 35.9 Å². The van der Waals surface area contributed by atoms with Crippen molar-refractivity contribution in [3.8, 4) is 0 Å². The minimum Gasteiger partial charge on any atom is -0.481 e. The number of hydrogen-bond acceptors (Lipinski definition) is 4. The first-order chi connectivity index (χ1) is 15.5. The first-order valence-electron chi connectivity index (χ1n) is 12.3. The molecule has 3 aliphatic rings. The quantitative estimate of drug-likeness (QED) is 0.652. The largest absolute Gasteiger partial charge is 0.481 e. The number of rotatable bonds is 7. The van der Waals surface area contributed by atoms with Crippen LogP contribution in [0.1, 0.15) is 64.4 Å². The monoisotopic (exact) mass is 457 g/mol. The fourth-order valence-corrected chi connectivity index (χ4v) is 6.14. The summed E-state index contributed by atoms with van der Waals surface area (Å²) in [5, 5.41) is 20.9. The first-order valence-corrected chi connectivity index (χ1v) is 12.3. The molecular formula is C26H39N3O4. The fraction of sp³-hybridized carbons (Fsp3) is 0.692. The number of hydrogen-bond donors (Lipinski definition) is 2. The van der Waals surface area contributed by atoms with E-state index in [-0.39, 0.29) is 24.0 Å². The number of aliphatic carboxylic acids is 1. The van der Waals surface area contributed by atoms with Crippen LogP contribution in [0.2, 0.25) is 0 Å². The Morgan fingerprint density at radius 2 is 1.76 bits per heavy atom. The van der Waals surface area contributed by atoms with Crippen molar-refractivity contribution >= 4 is 12.0 Å². The third-order valence-corrected chi connectivity index (χ3v) is 8.65. The summed E-state index contributed by atoms with van der Waals surface area (Å²) in [6.07, 6.45) is 5.47. The predicted octanol–water partition coefficient (Wildman–Crippen LogP) is 3.72. The van der Waals surface area contributed by atoms with Gasteiger partial charge in [-0.1, -0.05) is 36.8 Å². The summed E-state index contributed by atoms with van der Waals surface area (Å²) in [6.45, 7) is 3.94. The Morgan fingerprint density at radius 3 is 2.24 bits per heavy atom. The third kappa shape index (κ3) is 4.03. The van der Waals surface area contributed by atoms with E-state index in [1.54, 1.807) is 23.6 Å². The second-order valence-corrected chi connectivity index (χ2v) is 11.3. The molecule has 182 valence electrons. The van der Waals surface area contributed by atoms with E-state index in [4.69, 9.17) is 0 Å². The molecule has 2 amide bonds. The molecule has 1 aromatic carbocycles. The summed E-state index contributed by atoms with van der Waals surface area (Å²) in [7, 11) is 4.24. The number of carbonyl (C=O) groups excluding carboxylic acids is 1. The maximum Gasteiger partial charge on any atom is 0.322 e. The summed E-state index contributed by atoms with van der Waals surface area (Å²) in [5.74, 6) is -0.797. The van der Waals surface area contributed by atoms with Gasteiger partial charge in [0.15, 0.2) is 0 Å². The van der Waals surface area contributed by atoms with Gasteiger partial charge in [-0.25, -0.2) is 4.79 Å². The Bertz CT molecular complexity index is 873. The highest BCUT2D eigenvalue weighted by molar-refractivity contribution is 5.80. The summed E-state index contributed by atoms with van der Waals surface area (Å²) in [5.41, 5.74) is -0.338. The smallest absolute Gasteiger partial charge is 0.322 e. The van der Waals surface area contributed by atoms with E-state index in [0.717, 1.165) is 44.9 Å². The summed E-state index contributed by atoms with van der Waals surface area (Å²) >= 11 is 0. The van der Waals surface area contributed by atoms with Gasteiger partial charge in [0.25, 0.3) is 0 Å². The van der Waals surface area contributed by atoms with Crippen molar-refractivity contribution in [2.45, 2.75) is 76.1 Å². The highest BCUT2D eigenvalue weighted by Crippen LogP contribution is 2.50. The van der Waals surface area contributed by atoms with Crippen LogP contribution in [0.3, 0.4) is 0 Å². The normalized spacial score (nSPS) is 29.6. The second-order valence-electron chi connectivity index (χ2n) is 11.3. The molecule has 7 nitrogen and oxygen atoms in total. The van der Waals surface area contributed by atoms with Crippen LogP contribution in [0.4, 0.5) is 4.79 Å². The van der Waals surface area contributed by atoms with E-state index in [9.17, 15) is 19.8 Å². The Morgan fingerprint density at radius 1 is 1.15 bits per heavy atom. The lowest BCUT2D eigenvalue weighted by atomic mass is 9.67. The van der Waals surface area contributed by atoms with Gasteiger partial charge in [0, 0.05) is 24.5 Å². The van der Waals surface area contributed by atoms with Gasteiger partial charge in [-0.15, -0.1) is 0 Å². The predicted molar refractivity (Wildman–Crippen MR) is 127 cm³/mol. The minimum atomic E-state index is -1.04. The van der Waals surface area contributed by atoms with Gasteiger partial charge < -0.3 is 15.1 Å². The van der Waals surface area contributed by atoms with Crippen molar-refractivity contribution in [1.29, 1.82) is 0 Å². The number of nitrogens with zero attached hydrogens (tertiary/aromatic N) is 3. The van der Waals surface area contributed by atoms with Crippen LogP contribution in [0.25, 0.3) is 0 Å². The molecule has 3 fully saturated rings. The lowest BCUT2D eigenvalue weighted by Crippen LogP contribution is -2.59. The molecule has 1 atom stereocenters. The lowest BCUT2D eigenvalue weighted by molar-refractivity contribution is -0.147. The summed E-state index contributed by atoms with van der Waals surface area (Å²) in [6, 6.07) is 10.3. The Labute approximate surface area is 197 Å². The summed E-state index contributed by atoms with van der Waals surface area (Å²) in [4.78, 5) is 31.1. The van der Waals surface area contributed by atoms with Crippen LogP contribution in [-0.2, 0) is 10.3 Å². The van der Waals surface area contributed by atoms with Gasteiger partial charge in [0.05, 0.1) is 11.0 Å². The van der Waals surface area contributed by atoms with Crippen molar-refractivity contribution < 1.29 is 19.8 Å². The standard InChI is InChI=1S/C26H39N3O4/c1-24(2,22(31)32)17-28-18-25(29(23(28)33)21(30)19-9-8-10-19)13-15-26(16-14-25,27(3)4)20-11-6-5-7-12-20/h5-7,11-12,19,21,30H,8-10,13-18H2,1-4H3,(H,31,32). The number of aliphatic hydroxyl groups is 1. The molecule has 0 aromatic heterocycles. The molecule has 1 saturated heterocycles. The van der Waals surface area contributed by atoms with Crippen LogP contribution in [-0.4, -0.2) is 75.9 Å². The van der Waals surface area contributed by atoms with Crippen molar-refractivity contribution in [3.63, 3.8) is 0 Å². The van der Waals surface area contributed by atoms with Crippen molar-refractivity contribution in [1.82, 2.24) is 14.7 Å². The number of urea groups is 1. The molecule has 4 rings (SSSR count). The molecule has 1 spiro atoms. The van der Waals surface area contributed by atoms with Gasteiger partial charge in [-0.2, -0.15) is 0 Å². The third-order valence-electron chi connectivity index (χ3n) is 8.65. The van der Waals surface area contributed by atoms with Crippen LogP contribution >= 0.6 is 0 Å². The molecule has 2 saturated carbocycles. The molecule has 1 aliphatic heterocycles. The molecule has 0 bridgehead atoms. The lowest BCUT2D eigenvalue weighted by Gasteiger charge is -2.52. The highest BCUT2D eigenvalue weighted by atomic mass is 16.4. The first kappa shape index (κ1) is 24.0. The van der Waals surface area contributed by atoms with E-state index in [2.05, 4.69) is 43.3 Å². The maximum atomic E-state index is 13.6. The number of amides is 2. The molecule has 7 heteroatoms. The van der Waals surface area contributed by atoms with E-state index in [1.807, 2.05) is 6.07 Å². The molecule has 1 aromatic rings. The summed E-state index contributed by atoms with van der Waals surface area (Å²) < 4.78 is 0. The molecule has 2 aliphatic carbocycles. The number of carbonyl (C=O) groups is 2. The zero-order valence-electron chi connectivity index (χ0n) is 20.5. The SMILES string of the molecule is CN(C)C1(c2ccccc2)CCC2(CC1)CN(CC(C)(C)C(=O)O)C(=O)N2C(O)C1CCC1. The molecule has 0 radical (unpaired) electrons. The van der Waals surface area contributed by atoms with E-state index >= 15 is 0 Å². The second kappa shape index (κ2) is 8.58. The van der Waals surface area contributed by atoms with Gasteiger partial charge >= 0.3 is 12.0 Å². The van der Waals surface area contributed by atoms with Gasteiger partial charge in [-0.05, 0) is 72.0 Å². The Hall–Kier alpha value is -2.12. The number of benzene rings is 1. The van der Waals surface area contributed by atoms with Crippen LogP contribution in [0.15, 0.2) is 30.3 Å². The van der Waals surface area contributed by atoms with Gasteiger partial charge in [0.1, 0.15) is 6.23 Å². The Balaban J connectivity index is 1.63. The topological polar surface area (TPSA) is 84.3 Å². The van der Waals surface area contributed by atoms with E-state index in [0.29, 0.717) is 6.54 Å². The fourth-order valence-electron chi connectivity index (χ4n) is 6.14. The zero-order valence-corrected chi connectivity index (χ0v) is 20.5. The average molecular weight is 458 g/mol. The number of aliphatic hydroxyl groups excluding tert-OH is 1. The van der Waals surface area contributed by atoms with Crippen molar-refractivity contribution in [2.75, 3.05) is 27.2 Å². The Kier molecular flexibility index (Phi) is 6.25. The minimum absolute atomic E-state index is 0.115.